The van der Waals surface area contributed by atoms with E-state index < -0.39 is 10.0 Å². The molecule has 0 aliphatic rings. The van der Waals surface area contributed by atoms with E-state index in [4.69, 9.17) is 18.3 Å². The van der Waals surface area contributed by atoms with Crippen LogP contribution in [-0.2, 0) is 18.3 Å². The van der Waals surface area contributed by atoms with Crippen molar-refractivity contribution in [2.45, 2.75) is 66.0 Å². The summed E-state index contributed by atoms with van der Waals surface area (Å²) in [6, 6.07) is 0. The second-order valence-electron chi connectivity index (χ2n) is 4.46. The van der Waals surface area contributed by atoms with Crippen LogP contribution in [0.4, 0.5) is 0 Å². The standard InChI is InChI=1S/C12H28O4Si/c1-6-13-17-14-9-7-8-12(15-10(2)3)16-11(4)5/h10-12H,6-9,17H2,1-5H3. The molecule has 0 saturated heterocycles. The summed E-state index contributed by atoms with van der Waals surface area (Å²) in [5, 5.41) is 0. The van der Waals surface area contributed by atoms with Crippen LogP contribution in [0.3, 0.4) is 0 Å². The summed E-state index contributed by atoms with van der Waals surface area (Å²) in [7, 11) is -0.759. The van der Waals surface area contributed by atoms with Crippen molar-refractivity contribution in [1.29, 1.82) is 0 Å². The third kappa shape index (κ3) is 12.3. The van der Waals surface area contributed by atoms with Gasteiger partial charge in [-0.2, -0.15) is 0 Å². The normalized spacial score (nSPS) is 12.7. The zero-order valence-electron chi connectivity index (χ0n) is 11.9. The van der Waals surface area contributed by atoms with Gasteiger partial charge in [0.15, 0.2) is 6.29 Å². The predicted octanol–water partition coefficient (Wildman–Crippen LogP) is 1.99. The maximum absolute atomic E-state index is 5.69. The van der Waals surface area contributed by atoms with Gasteiger partial charge in [0.05, 0.1) is 12.2 Å². The van der Waals surface area contributed by atoms with E-state index in [2.05, 4.69) is 0 Å². The van der Waals surface area contributed by atoms with E-state index in [0.717, 1.165) is 26.1 Å². The van der Waals surface area contributed by atoms with Crippen molar-refractivity contribution >= 4 is 10.0 Å². The van der Waals surface area contributed by atoms with E-state index in [1.807, 2.05) is 34.6 Å². The number of hydrogen-bond donors (Lipinski definition) is 0. The van der Waals surface area contributed by atoms with Gasteiger partial charge in [-0.3, -0.25) is 0 Å². The van der Waals surface area contributed by atoms with Crippen molar-refractivity contribution < 1.29 is 18.3 Å². The summed E-state index contributed by atoms with van der Waals surface area (Å²) in [5.74, 6) is 0. The molecule has 0 atom stereocenters. The zero-order valence-corrected chi connectivity index (χ0v) is 13.3. The molecular formula is C12H28O4Si. The van der Waals surface area contributed by atoms with Crippen molar-refractivity contribution in [3.8, 4) is 0 Å². The highest BCUT2D eigenvalue weighted by molar-refractivity contribution is 6.17. The summed E-state index contributed by atoms with van der Waals surface area (Å²) >= 11 is 0. The molecule has 0 saturated carbocycles. The molecule has 5 heteroatoms. The van der Waals surface area contributed by atoms with Gasteiger partial charge in [0.1, 0.15) is 0 Å². The van der Waals surface area contributed by atoms with Gasteiger partial charge in [0, 0.05) is 19.6 Å². The van der Waals surface area contributed by atoms with Crippen molar-refractivity contribution in [2.24, 2.45) is 0 Å². The lowest BCUT2D eigenvalue weighted by atomic mass is 10.3. The highest BCUT2D eigenvalue weighted by Crippen LogP contribution is 2.10. The van der Waals surface area contributed by atoms with E-state index in [0.29, 0.717) is 0 Å². The Morgan fingerprint density at radius 2 is 1.53 bits per heavy atom. The first-order chi connectivity index (χ1) is 8.06. The van der Waals surface area contributed by atoms with E-state index in [1.54, 1.807) is 0 Å². The van der Waals surface area contributed by atoms with Crippen LogP contribution in [-0.4, -0.2) is 41.7 Å². The average Bonchev–Trinajstić information content (AvgIpc) is 2.21. The molecule has 0 unspecified atom stereocenters. The van der Waals surface area contributed by atoms with Crippen LogP contribution in [0.1, 0.15) is 47.5 Å². The molecule has 0 spiro atoms. The lowest BCUT2D eigenvalue weighted by molar-refractivity contribution is -0.184. The van der Waals surface area contributed by atoms with Crippen LogP contribution in [0, 0.1) is 0 Å². The smallest absolute Gasteiger partial charge is 0.304 e. The molecule has 0 aliphatic heterocycles. The fraction of sp³-hybridized carbons (Fsp3) is 1.00. The van der Waals surface area contributed by atoms with Gasteiger partial charge < -0.3 is 18.3 Å². The number of ether oxygens (including phenoxy) is 2. The molecule has 0 rings (SSSR count). The van der Waals surface area contributed by atoms with Gasteiger partial charge in [-0.25, -0.2) is 0 Å². The molecule has 17 heavy (non-hydrogen) atoms. The maximum Gasteiger partial charge on any atom is 0.304 e. The third-order valence-corrected chi connectivity index (χ3v) is 2.98. The minimum Gasteiger partial charge on any atom is -0.399 e. The highest BCUT2D eigenvalue weighted by Gasteiger charge is 2.12. The molecule has 0 aliphatic carbocycles. The SMILES string of the molecule is CCO[SiH2]OCCCC(OC(C)C)OC(C)C. The van der Waals surface area contributed by atoms with Gasteiger partial charge in [-0.1, -0.05) is 0 Å². The Balaban J connectivity index is 3.60. The van der Waals surface area contributed by atoms with Gasteiger partial charge in [0.25, 0.3) is 0 Å². The molecule has 104 valence electrons. The zero-order chi connectivity index (χ0) is 13.1. The fourth-order valence-electron chi connectivity index (χ4n) is 1.33. The molecule has 0 aromatic heterocycles. The topological polar surface area (TPSA) is 36.9 Å². The Hall–Kier alpha value is 0.0569. The molecule has 0 radical (unpaired) electrons. The van der Waals surface area contributed by atoms with Crippen LogP contribution in [0.15, 0.2) is 0 Å². The second-order valence-corrected chi connectivity index (χ2v) is 5.51. The predicted molar refractivity (Wildman–Crippen MR) is 71.6 cm³/mol. The molecular weight excluding hydrogens is 236 g/mol. The molecule has 0 heterocycles. The Morgan fingerprint density at radius 3 is 2.00 bits per heavy atom. The van der Waals surface area contributed by atoms with Gasteiger partial charge in [0.2, 0.25) is 0 Å². The van der Waals surface area contributed by atoms with Crippen molar-refractivity contribution in [3.05, 3.63) is 0 Å². The highest BCUT2D eigenvalue weighted by atomic mass is 28.3. The van der Waals surface area contributed by atoms with E-state index in [1.165, 1.54) is 0 Å². The Labute approximate surface area is 108 Å². The first-order valence-corrected chi connectivity index (χ1v) is 7.68. The summed E-state index contributed by atoms with van der Waals surface area (Å²) in [5.41, 5.74) is 0. The van der Waals surface area contributed by atoms with Crippen LogP contribution in [0.2, 0.25) is 0 Å². The lowest BCUT2D eigenvalue weighted by Gasteiger charge is -2.23. The fourth-order valence-corrected chi connectivity index (χ4v) is 1.94. The first-order valence-electron chi connectivity index (χ1n) is 6.52. The summed E-state index contributed by atoms with van der Waals surface area (Å²) in [6.07, 6.45) is 2.09. The van der Waals surface area contributed by atoms with Crippen LogP contribution >= 0.6 is 0 Å². The summed E-state index contributed by atoms with van der Waals surface area (Å²) < 4.78 is 22.0. The monoisotopic (exact) mass is 264 g/mol. The minimum atomic E-state index is -0.759. The Kier molecular flexibility index (Phi) is 11.2. The number of hydrogen-bond acceptors (Lipinski definition) is 4. The van der Waals surface area contributed by atoms with Gasteiger partial charge in [-0.15, -0.1) is 0 Å². The van der Waals surface area contributed by atoms with Gasteiger partial charge >= 0.3 is 10.0 Å². The minimum absolute atomic E-state index is 0.118. The molecule has 0 aromatic rings. The second kappa shape index (κ2) is 11.2. The van der Waals surface area contributed by atoms with Crippen molar-refractivity contribution in [1.82, 2.24) is 0 Å². The molecule has 0 N–H and O–H groups in total. The van der Waals surface area contributed by atoms with E-state index in [-0.39, 0.29) is 18.5 Å². The van der Waals surface area contributed by atoms with Crippen LogP contribution in [0.5, 0.6) is 0 Å². The van der Waals surface area contributed by atoms with Crippen molar-refractivity contribution in [2.75, 3.05) is 13.2 Å². The Morgan fingerprint density at radius 1 is 0.941 bits per heavy atom. The maximum atomic E-state index is 5.69. The van der Waals surface area contributed by atoms with Crippen molar-refractivity contribution in [3.63, 3.8) is 0 Å². The van der Waals surface area contributed by atoms with Gasteiger partial charge in [-0.05, 0) is 41.0 Å². The molecule has 0 aromatic carbocycles. The van der Waals surface area contributed by atoms with Crippen LogP contribution in [0.25, 0.3) is 0 Å². The molecule has 0 fully saturated rings. The lowest BCUT2D eigenvalue weighted by Crippen LogP contribution is -2.25. The third-order valence-electron chi connectivity index (χ3n) is 1.95. The Bertz CT molecular complexity index is 155. The first kappa shape index (κ1) is 17.1. The van der Waals surface area contributed by atoms with E-state index in [9.17, 15) is 0 Å². The summed E-state index contributed by atoms with van der Waals surface area (Å²) in [6.45, 7) is 11.6. The number of rotatable bonds is 11. The molecule has 0 bridgehead atoms. The quantitative estimate of drug-likeness (QED) is 0.325. The summed E-state index contributed by atoms with van der Waals surface area (Å²) in [4.78, 5) is 0. The average molecular weight is 264 g/mol. The van der Waals surface area contributed by atoms with E-state index >= 15 is 0 Å². The largest absolute Gasteiger partial charge is 0.399 e. The molecule has 4 nitrogen and oxygen atoms in total. The van der Waals surface area contributed by atoms with Crippen LogP contribution < -0.4 is 0 Å². The molecule has 0 amide bonds.